The van der Waals surface area contributed by atoms with E-state index in [0.717, 1.165) is 15.5 Å². The molecule has 2 rings (SSSR count). The summed E-state index contributed by atoms with van der Waals surface area (Å²) in [5, 5.41) is 12.3. The van der Waals surface area contributed by atoms with E-state index in [1.165, 1.54) is 16.2 Å². The highest BCUT2D eigenvalue weighted by Gasteiger charge is 2.20. The zero-order chi connectivity index (χ0) is 13.3. The van der Waals surface area contributed by atoms with Gasteiger partial charge in [0, 0.05) is 20.0 Å². The molecule has 0 radical (unpaired) electrons. The van der Waals surface area contributed by atoms with Crippen molar-refractivity contribution in [3.8, 4) is 5.75 Å². The molecule has 1 N–H and O–H groups in total. The molecule has 0 aliphatic rings. The number of ether oxygens (including phenoxy) is 1. The van der Waals surface area contributed by atoms with Crippen LogP contribution >= 0.6 is 22.7 Å². The summed E-state index contributed by atoms with van der Waals surface area (Å²) in [4.78, 5) is 3.21. The molecule has 2 nitrogen and oxygen atoms in total. The second-order valence-electron chi connectivity index (χ2n) is 5.24. The van der Waals surface area contributed by atoms with Gasteiger partial charge in [-0.3, -0.25) is 0 Å². The Morgan fingerprint density at radius 1 is 1.22 bits per heavy atom. The number of hydrogen-bond donors (Lipinski definition) is 1. The van der Waals surface area contributed by atoms with E-state index in [0.29, 0.717) is 0 Å². The molecule has 2 aromatic rings. The fourth-order valence-electron chi connectivity index (χ4n) is 1.63. The molecule has 98 valence electrons. The van der Waals surface area contributed by atoms with E-state index in [4.69, 9.17) is 4.74 Å². The fraction of sp³-hybridized carbons (Fsp3) is 0.429. The van der Waals surface area contributed by atoms with Crippen LogP contribution in [0.3, 0.4) is 0 Å². The quantitative estimate of drug-likeness (QED) is 0.914. The van der Waals surface area contributed by atoms with E-state index in [-0.39, 0.29) is 5.41 Å². The second-order valence-corrected chi connectivity index (χ2v) is 7.30. The van der Waals surface area contributed by atoms with Gasteiger partial charge >= 0.3 is 0 Å². The van der Waals surface area contributed by atoms with Crippen LogP contribution in [0, 0.1) is 0 Å². The number of aliphatic hydroxyl groups is 1. The summed E-state index contributed by atoms with van der Waals surface area (Å²) < 4.78 is 5.14. The van der Waals surface area contributed by atoms with Gasteiger partial charge in [0.1, 0.15) is 11.9 Å². The minimum absolute atomic E-state index is 0.135. The SMILES string of the molecule is COc1csc(C(O)c2ccc(C(C)(C)C)s2)c1. The summed E-state index contributed by atoms with van der Waals surface area (Å²) in [5.41, 5.74) is 0.135. The van der Waals surface area contributed by atoms with Crippen LogP contribution in [-0.2, 0) is 5.41 Å². The average molecular weight is 282 g/mol. The Morgan fingerprint density at radius 2 is 1.94 bits per heavy atom. The van der Waals surface area contributed by atoms with E-state index in [2.05, 4.69) is 26.8 Å². The number of aliphatic hydroxyl groups excluding tert-OH is 1. The van der Waals surface area contributed by atoms with Gasteiger partial charge in [-0.15, -0.1) is 22.7 Å². The molecule has 4 heteroatoms. The van der Waals surface area contributed by atoms with Gasteiger partial charge in [-0.2, -0.15) is 0 Å². The van der Waals surface area contributed by atoms with Crippen molar-refractivity contribution in [3.05, 3.63) is 38.2 Å². The summed E-state index contributed by atoms with van der Waals surface area (Å²) >= 11 is 3.20. The lowest BCUT2D eigenvalue weighted by Crippen LogP contribution is -2.07. The van der Waals surface area contributed by atoms with Crippen molar-refractivity contribution < 1.29 is 9.84 Å². The van der Waals surface area contributed by atoms with Crippen LogP contribution in [0.15, 0.2) is 23.6 Å². The van der Waals surface area contributed by atoms with Crippen molar-refractivity contribution in [2.75, 3.05) is 7.11 Å². The average Bonchev–Trinajstić information content (AvgIpc) is 2.96. The van der Waals surface area contributed by atoms with Crippen LogP contribution in [0.4, 0.5) is 0 Å². The summed E-state index contributed by atoms with van der Waals surface area (Å²) in [6.07, 6.45) is -0.542. The van der Waals surface area contributed by atoms with Crippen LogP contribution < -0.4 is 4.74 Å². The van der Waals surface area contributed by atoms with Crippen molar-refractivity contribution in [2.24, 2.45) is 0 Å². The van der Waals surface area contributed by atoms with E-state index < -0.39 is 6.10 Å². The predicted octanol–water partition coefficient (Wildman–Crippen LogP) is 4.20. The highest BCUT2D eigenvalue weighted by Crippen LogP contribution is 2.37. The third-order valence-electron chi connectivity index (χ3n) is 2.74. The molecule has 0 fully saturated rings. The first kappa shape index (κ1) is 13.6. The molecule has 1 atom stereocenters. The lowest BCUT2D eigenvalue weighted by atomic mass is 9.95. The van der Waals surface area contributed by atoms with E-state index >= 15 is 0 Å². The zero-order valence-corrected chi connectivity index (χ0v) is 12.7. The number of hydrogen-bond acceptors (Lipinski definition) is 4. The molecule has 18 heavy (non-hydrogen) atoms. The van der Waals surface area contributed by atoms with Crippen molar-refractivity contribution in [3.63, 3.8) is 0 Å². The Bertz CT molecular complexity index is 520. The van der Waals surface area contributed by atoms with E-state index in [1.807, 2.05) is 17.5 Å². The Labute approximate surface area is 116 Å². The maximum atomic E-state index is 10.3. The molecule has 2 heterocycles. The minimum Gasteiger partial charge on any atom is -0.496 e. The van der Waals surface area contributed by atoms with Crippen LogP contribution in [0.2, 0.25) is 0 Å². The lowest BCUT2D eigenvalue weighted by molar-refractivity contribution is 0.227. The molecule has 0 aliphatic carbocycles. The molecule has 0 aromatic carbocycles. The highest BCUT2D eigenvalue weighted by molar-refractivity contribution is 7.13. The van der Waals surface area contributed by atoms with Gasteiger partial charge in [-0.05, 0) is 23.6 Å². The number of thiophene rings is 2. The molecule has 0 saturated heterocycles. The largest absolute Gasteiger partial charge is 0.496 e. The molecule has 0 saturated carbocycles. The monoisotopic (exact) mass is 282 g/mol. The lowest BCUT2D eigenvalue weighted by Gasteiger charge is -2.15. The maximum Gasteiger partial charge on any atom is 0.129 e. The van der Waals surface area contributed by atoms with Gasteiger partial charge in [0.25, 0.3) is 0 Å². The minimum atomic E-state index is -0.542. The predicted molar refractivity (Wildman–Crippen MR) is 78.0 cm³/mol. The first-order chi connectivity index (χ1) is 8.41. The smallest absolute Gasteiger partial charge is 0.129 e. The molecule has 0 spiro atoms. The van der Waals surface area contributed by atoms with Gasteiger partial charge in [0.05, 0.1) is 7.11 Å². The number of methoxy groups -OCH3 is 1. The van der Waals surface area contributed by atoms with Gasteiger partial charge in [0.2, 0.25) is 0 Å². The van der Waals surface area contributed by atoms with Gasteiger partial charge in [-0.25, -0.2) is 0 Å². The highest BCUT2D eigenvalue weighted by atomic mass is 32.1. The summed E-state index contributed by atoms with van der Waals surface area (Å²) in [7, 11) is 1.64. The van der Waals surface area contributed by atoms with Crippen molar-refractivity contribution in [1.29, 1.82) is 0 Å². The Hall–Kier alpha value is -0.840. The van der Waals surface area contributed by atoms with Crippen LogP contribution in [0.1, 0.15) is 41.5 Å². The molecule has 0 aliphatic heterocycles. The van der Waals surface area contributed by atoms with E-state index in [9.17, 15) is 5.11 Å². The topological polar surface area (TPSA) is 29.5 Å². The normalized spacial score (nSPS) is 13.6. The first-order valence-electron chi connectivity index (χ1n) is 5.82. The molecule has 0 bridgehead atoms. The molecular weight excluding hydrogens is 264 g/mol. The Morgan fingerprint density at radius 3 is 2.44 bits per heavy atom. The first-order valence-corrected chi connectivity index (χ1v) is 7.52. The van der Waals surface area contributed by atoms with Crippen LogP contribution in [-0.4, -0.2) is 12.2 Å². The van der Waals surface area contributed by atoms with Gasteiger partial charge in [-0.1, -0.05) is 20.8 Å². The van der Waals surface area contributed by atoms with Crippen LogP contribution in [0.25, 0.3) is 0 Å². The number of rotatable bonds is 3. The van der Waals surface area contributed by atoms with Crippen LogP contribution in [0.5, 0.6) is 5.75 Å². The Balaban J connectivity index is 2.23. The molecular formula is C14H18O2S2. The van der Waals surface area contributed by atoms with Crippen molar-refractivity contribution in [1.82, 2.24) is 0 Å². The summed E-state index contributed by atoms with van der Waals surface area (Å²) in [5.74, 6) is 0.807. The van der Waals surface area contributed by atoms with Crippen molar-refractivity contribution in [2.45, 2.75) is 32.3 Å². The third kappa shape index (κ3) is 2.76. The second kappa shape index (κ2) is 5.03. The summed E-state index contributed by atoms with van der Waals surface area (Å²) in [6, 6.07) is 6.02. The third-order valence-corrected chi connectivity index (χ3v) is 5.26. The Kier molecular flexibility index (Phi) is 3.80. The fourth-order valence-corrected chi connectivity index (χ4v) is 3.63. The zero-order valence-electron chi connectivity index (χ0n) is 11.1. The summed E-state index contributed by atoms with van der Waals surface area (Å²) in [6.45, 7) is 6.55. The van der Waals surface area contributed by atoms with Gasteiger partial charge in [0.15, 0.2) is 0 Å². The molecule has 2 aromatic heterocycles. The standard InChI is InChI=1S/C14H18O2S2/c1-14(2,3)12-6-5-10(18-12)13(15)11-7-9(16-4)8-17-11/h5-8,13,15H,1-4H3. The van der Waals surface area contributed by atoms with E-state index in [1.54, 1.807) is 18.4 Å². The van der Waals surface area contributed by atoms with Crippen molar-refractivity contribution >= 4 is 22.7 Å². The maximum absolute atomic E-state index is 10.3. The molecule has 1 unspecified atom stereocenters. The van der Waals surface area contributed by atoms with Gasteiger partial charge < -0.3 is 9.84 Å². The molecule has 0 amide bonds.